The molecule has 0 aliphatic carbocycles. The maximum absolute atomic E-state index is 12.0. The summed E-state index contributed by atoms with van der Waals surface area (Å²) in [6, 6.07) is 6.23. The van der Waals surface area contributed by atoms with Gasteiger partial charge in [0, 0.05) is 6.54 Å². The zero-order chi connectivity index (χ0) is 16.7. The summed E-state index contributed by atoms with van der Waals surface area (Å²) in [7, 11) is -3.67. The van der Waals surface area contributed by atoms with E-state index in [1.807, 2.05) is 0 Å². The molecule has 0 saturated carbocycles. The number of hydrogen-bond acceptors (Lipinski definition) is 4. The second-order valence-corrected chi connectivity index (χ2v) is 7.57. The van der Waals surface area contributed by atoms with Gasteiger partial charge in [0.1, 0.15) is 0 Å². The molecule has 0 atom stereocenters. The van der Waals surface area contributed by atoms with E-state index in [-0.39, 0.29) is 10.8 Å². The highest BCUT2D eigenvalue weighted by Crippen LogP contribution is 2.10. The number of benzene rings is 1. The monoisotopic (exact) mass is 339 g/mol. The van der Waals surface area contributed by atoms with Crippen LogP contribution in [0.15, 0.2) is 29.2 Å². The van der Waals surface area contributed by atoms with Crippen LogP contribution in [0.3, 0.4) is 0 Å². The molecule has 128 valence electrons. The van der Waals surface area contributed by atoms with Crippen LogP contribution in [0.2, 0.25) is 0 Å². The van der Waals surface area contributed by atoms with Gasteiger partial charge in [0.2, 0.25) is 15.9 Å². The van der Waals surface area contributed by atoms with Crippen LogP contribution in [0.4, 0.5) is 0 Å². The van der Waals surface area contributed by atoms with Gasteiger partial charge in [-0.1, -0.05) is 31.4 Å². The number of carbonyl (C=O) groups is 1. The Hall–Kier alpha value is -1.44. The third-order valence-corrected chi connectivity index (χ3v) is 4.99. The molecule has 1 aliphatic heterocycles. The summed E-state index contributed by atoms with van der Waals surface area (Å²) >= 11 is 0. The third kappa shape index (κ3) is 6.29. The highest BCUT2D eigenvalue weighted by molar-refractivity contribution is 7.89. The van der Waals surface area contributed by atoms with E-state index < -0.39 is 10.0 Å². The third-order valence-electron chi connectivity index (χ3n) is 4.06. The number of amides is 1. The van der Waals surface area contributed by atoms with E-state index in [0.717, 1.165) is 31.5 Å². The first kappa shape index (κ1) is 17.9. The van der Waals surface area contributed by atoms with Crippen LogP contribution in [0, 0.1) is 0 Å². The van der Waals surface area contributed by atoms with Gasteiger partial charge in [-0.15, -0.1) is 0 Å². The predicted molar refractivity (Wildman–Crippen MR) is 89.2 cm³/mol. The van der Waals surface area contributed by atoms with Gasteiger partial charge in [0.15, 0.2) is 0 Å². The second-order valence-electron chi connectivity index (χ2n) is 6.01. The Morgan fingerprint density at radius 2 is 1.61 bits per heavy atom. The molecule has 1 aliphatic rings. The van der Waals surface area contributed by atoms with Crippen LogP contribution in [0.1, 0.15) is 37.7 Å². The van der Waals surface area contributed by atoms with Crippen molar-refractivity contribution in [3.05, 3.63) is 29.8 Å². The first-order valence-corrected chi connectivity index (χ1v) is 9.60. The summed E-state index contributed by atoms with van der Waals surface area (Å²) in [5.41, 5.74) is 0.846. The van der Waals surface area contributed by atoms with Crippen molar-refractivity contribution in [2.24, 2.45) is 5.14 Å². The first-order chi connectivity index (χ1) is 10.9. The van der Waals surface area contributed by atoms with Gasteiger partial charge < -0.3 is 5.32 Å². The van der Waals surface area contributed by atoms with E-state index >= 15 is 0 Å². The zero-order valence-electron chi connectivity index (χ0n) is 13.3. The molecular formula is C16H25N3O3S. The van der Waals surface area contributed by atoms with Gasteiger partial charge in [-0.3, -0.25) is 9.69 Å². The maximum Gasteiger partial charge on any atom is 0.238 e. The molecule has 1 fully saturated rings. The molecule has 1 heterocycles. The van der Waals surface area contributed by atoms with Crippen molar-refractivity contribution in [3.63, 3.8) is 0 Å². The summed E-state index contributed by atoms with van der Waals surface area (Å²) in [4.78, 5) is 14.3. The fourth-order valence-corrected chi connectivity index (χ4v) is 3.24. The van der Waals surface area contributed by atoms with Crippen LogP contribution >= 0.6 is 0 Å². The molecule has 3 N–H and O–H groups in total. The lowest BCUT2D eigenvalue weighted by molar-refractivity contribution is -0.122. The normalized spacial score (nSPS) is 17.3. The van der Waals surface area contributed by atoms with Crippen LogP contribution in [-0.4, -0.2) is 38.9 Å². The van der Waals surface area contributed by atoms with Gasteiger partial charge in [0.05, 0.1) is 11.4 Å². The lowest BCUT2D eigenvalue weighted by Crippen LogP contribution is -2.38. The van der Waals surface area contributed by atoms with Gasteiger partial charge in [0.25, 0.3) is 0 Å². The topological polar surface area (TPSA) is 92.5 Å². The first-order valence-electron chi connectivity index (χ1n) is 8.06. The van der Waals surface area contributed by atoms with E-state index in [1.165, 1.54) is 31.4 Å². The number of carbonyl (C=O) groups excluding carboxylic acids is 1. The van der Waals surface area contributed by atoms with E-state index in [4.69, 9.17) is 5.14 Å². The average molecular weight is 339 g/mol. The Balaban J connectivity index is 1.79. The molecule has 0 bridgehead atoms. The Labute approximate surface area is 138 Å². The Morgan fingerprint density at radius 3 is 2.17 bits per heavy atom. The highest BCUT2D eigenvalue weighted by Gasteiger charge is 2.12. The van der Waals surface area contributed by atoms with Crippen molar-refractivity contribution in [2.45, 2.75) is 43.5 Å². The fourth-order valence-electron chi connectivity index (χ4n) is 2.73. The van der Waals surface area contributed by atoms with Crippen molar-refractivity contribution in [1.82, 2.24) is 10.2 Å². The molecule has 1 saturated heterocycles. The summed E-state index contributed by atoms with van der Waals surface area (Å²) in [6.07, 6.45) is 6.10. The zero-order valence-corrected chi connectivity index (χ0v) is 14.1. The van der Waals surface area contributed by atoms with Gasteiger partial charge in [-0.05, 0) is 43.6 Å². The number of nitrogens with two attached hydrogens (primary N) is 1. The molecule has 1 aromatic carbocycles. The lowest BCUT2D eigenvalue weighted by atomic mass is 10.1. The van der Waals surface area contributed by atoms with Gasteiger partial charge in [-0.2, -0.15) is 0 Å². The predicted octanol–water partition coefficient (Wildman–Crippen LogP) is 1.22. The minimum Gasteiger partial charge on any atom is -0.351 e. The molecule has 0 spiro atoms. The lowest BCUT2D eigenvalue weighted by Gasteiger charge is -2.23. The van der Waals surface area contributed by atoms with E-state index in [9.17, 15) is 13.2 Å². The van der Waals surface area contributed by atoms with Crippen LogP contribution in [0.25, 0.3) is 0 Å². The number of hydrogen-bond donors (Lipinski definition) is 2. The number of nitrogens with one attached hydrogen (secondary N) is 1. The largest absolute Gasteiger partial charge is 0.351 e. The summed E-state index contributed by atoms with van der Waals surface area (Å²) in [5.74, 6) is 0.00102. The number of nitrogens with zero attached hydrogens (tertiary/aromatic N) is 1. The molecule has 0 aromatic heterocycles. The van der Waals surface area contributed by atoms with E-state index in [1.54, 1.807) is 12.1 Å². The second kappa shape index (κ2) is 8.42. The molecule has 23 heavy (non-hydrogen) atoms. The van der Waals surface area contributed by atoms with Crippen molar-refractivity contribution in [3.8, 4) is 0 Å². The summed E-state index contributed by atoms with van der Waals surface area (Å²) in [6.45, 7) is 2.78. The standard InChI is InChI=1S/C16H25N3O3S/c17-23(21,22)15-8-6-14(7-9-15)12-18-16(20)13-19-10-4-2-1-3-5-11-19/h6-9H,1-5,10-13H2,(H,18,20)(H2,17,21,22). The molecule has 1 aromatic rings. The minimum absolute atomic E-state index is 0.00102. The van der Waals surface area contributed by atoms with Gasteiger partial charge in [-0.25, -0.2) is 13.6 Å². The number of primary sulfonamides is 1. The van der Waals surface area contributed by atoms with Crippen LogP contribution < -0.4 is 10.5 Å². The minimum atomic E-state index is -3.67. The Bertz CT molecular complexity index is 606. The van der Waals surface area contributed by atoms with Crippen LogP contribution in [0.5, 0.6) is 0 Å². The number of sulfonamides is 1. The fraction of sp³-hybridized carbons (Fsp3) is 0.562. The summed E-state index contributed by atoms with van der Waals surface area (Å²) in [5, 5.41) is 7.93. The van der Waals surface area contributed by atoms with Crippen molar-refractivity contribution in [2.75, 3.05) is 19.6 Å². The summed E-state index contributed by atoms with van der Waals surface area (Å²) < 4.78 is 22.4. The van der Waals surface area contributed by atoms with Crippen molar-refractivity contribution < 1.29 is 13.2 Å². The molecular weight excluding hydrogens is 314 g/mol. The number of rotatable bonds is 5. The molecule has 1 amide bonds. The SMILES string of the molecule is NS(=O)(=O)c1ccc(CNC(=O)CN2CCCCCCC2)cc1. The Morgan fingerprint density at radius 1 is 1.04 bits per heavy atom. The molecule has 7 heteroatoms. The molecule has 0 unspecified atom stereocenters. The average Bonchev–Trinajstić information content (AvgIpc) is 2.47. The van der Waals surface area contributed by atoms with Crippen LogP contribution in [-0.2, 0) is 21.4 Å². The maximum atomic E-state index is 12.0. The van der Waals surface area contributed by atoms with Crippen molar-refractivity contribution in [1.29, 1.82) is 0 Å². The van der Waals surface area contributed by atoms with E-state index in [2.05, 4.69) is 10.2 Å². The quantitative estimate of drug-likeness (QED) is 0.843. The molecule has 0 radical (unpaired) electrons. The van der Waals surface area contributed by atoms with E-state index in [0.29, 0.717) is 13.1 Å². The number of likely N-dealkylation sites (tertiary alicyclic amines) is 1. The smallest absolute Gasteiger partial charge is 0.238 e. The van der Waals surface area contributed by atoms with Crippen molar-refractivity contribution >= 4 is 15.9 Å². The molecule has 2 rings (SSSR count). The molecule has 6 nitrogen and oxygen atoms in total. The highest BCUT2D eigenvalue weighted by atomic mass is 32.2. The van der Waals surface area contributed by atoms with Gasteiger partial charge >= 0.3 is 0 Å². The Kier molecular flexibility index (Phi) is 6.56.